The summed E-state index contributed by atoms with van der Waals surface area (Å²) in [6.07, 6.45) is 3.08. The minimum absolute atomic E-state index is 0.124. The topological polar surface area (TPSA) is 39.4 Å². The van der Waals surface area contributed by atoms with E-state index in [4.69, 9.17) is 32.4 Å². The van der Waals surface area contributed by atoms with Gasteiger partial charge >= 0.3 is 0 Å². The van der Waals surface area contributed by atoms with E-state index in [-0.39, 0.29) is 5.78 Å². The number of ketones is 1. The van der Waals surface area contributed by atoms with Gasteiger partial charge in [0, 0.05) is 16.1 Å². The van der Waals surface area contributed by atoms with Crippen molar-refractivity contribution in [2.24, 2.45) is 0 Å². The van der Waals surface area contributed by atoms with E-state index in [1.807, 2.05) is 0 Å². The first-order valence-corrected chi connectivity index (χ1v) is 8.24. The van der Waals surface area contributed by atoms with Crippen molar-refractivity contribution < 1.29 is 13.9 Å². The zero-order valence-electron chi connectivity index (χ0n) is 13.3. The summed E-state index contributed by atoms with van der Waals surface area (Å²) in [4.78, 5) is 12.2. The minimum atomic E-state index is -0.124. The zero-order valence-corrected chi connectivity index (χ0v) is 14.8. The molecule has 2 aromatic carbocycles. The van der Waals surface area contributed by atoms with Crippen LogP contribution in [-0.2, 0) is 0 Å². The van der Waals surface area contributed by atoms with Crippen molar-refractivity contribution in [1.82, 2.24) is 0 Å². The monoisotopic (exact) mass is 372 g/mol. The number of methoxy groups -OCH3 is 1. The molecule has 0 spiro atoms. The molecule has 0 fully saturated rings. The fourth-order valence-corrected chi connectivity index (χ4v) is 2.67. The summed E-state index contributed by atoms with van der Waals surface area (Å²) < 4.78 is 10.8. The van der Waals surface area contributed by atoms with Gasteiger partial charge in [-0.1, -0.05) is 23.2 Å². The van der Waals surface area contributed by atoms with Crippen molar-refractivity contribution >= 4 is 35.1 Å². The third-order valence-corrected chi connectivity index (χ3v) is 4.16. The van der Waals surface area contributed by atoms with Crippen molar-refractivity contribution in [2.45, 2.75) is 0 Å². The third-order valence-electron chi connectivity index (χ3n) is 3.59. The first-order chi connectivity index (χ1) is 12.1. The molecule has 0 bridgehead atoms. The lowest BCUT2D eigenvalue weighted by molar-refractivity contribution is 0.104. The lowest BCUT2D eigenvalue weighted by atomic mass is 10.1. The third kappa shape index (κ3) is 4.13. The number of ether oxygens (including phenoxy) is 1. The number of allylic oxidation sites excluding steroid dienone is 1. The van der Waals surface area contributed by atoms with Gasteiger partial charge in [-0.05, 0) is 66.7 Å². The minimum Gasteiger partial charge on any atom is -0.497 e. The van der Waals surface area contributed by atoms with Crippen LogP contribution in [-0.4, -0.2) is 12.9 Å². The molecule has 0 saturated heterocycles. The van der Waals surface area contributed by atoms with Crippen molar-refractivity contribution in [1.29, 1.82) is 0 Å². The van der Waals surface area contributed by atoms with E-state index in [0.717, 1.165) is 0 Å². The average molecular weight is 373 g/mol. The van der Waals surface area contributed by atoms with Crippen LogP contribution in [0, 0.1) is 0 Å². The number of hydrogen-bond acceptors (Lipinski definition) is 3. The highest BCUT2D eigenvalue weighted by atomic mass is 35.5. The molecule has 25 heavy (non-hydrogen) atoms. The van der Waals surface area contributed by atoms with Crippen molar-refractivity contribution in [2.75, 3.05) is 7.11 Å². The van der Waals surface area contributed by atoms with Crippen molar-refractivity contribution in [3.63, 3.8) is 0 Å². The summed E-state index contributed by atoms with van der Waals surface area (Å²) in [6.45, 7) is 0. The summed E-state index contributed by atoms with van der Waals surface area (Å²) in [6, 6.07) is 15.6. The molecule has 0 radical (unpaired) electrons. The summed E-state index contributed by atoms with van der Waals surface area (Å²) >= 11 is 12.2. The standard InChI is InChI=1S/C20H14Cl2O3/c1-24-15-5-2-13(3-6-15)19(23)10-7-16-8-11-20(25-16)17-12-14(21)4-9-18(17)22/h2-12H,1H3. The molecule has 3 aromatic rings. The Labute approximate surface area is 155 Å². The maximum Gasteiger partial charge on any atom is 0.185 e. The molecular weight excluding hydrogens is 359 g/mol. The molecule has 5 heteroatoms. The average Bonchev–Trinajstić information content (AvgIpc) is 3.10. The van der Waals surface area contributed by atoms with Crippen LogP contribution in [0.4, 0.5) is 0 Å². The van der Waals surface area contributed by atoms with E-state index in [9.17, 15) is 4.79 Å². The van der Waals surface area contributed by atoms with Crippen LogP contribution in [0.3, 0.4) is 0 Å². The van der Waals surface area contributed by atoms with Crippen LogP contribution >= 0.6 is 23.2 Å². The summed E-state index contributed by atoms with van der Waals surface area (Å²) in [5.41, 5.74) is 1.28. The van der Waals surface area contributed by atoms with Gasteiger partial charge in [0.15, 0.2) is 5.78 Å². The van der Waals surface area contributed by atoms with E-state index < -0.39 is 0 Å². The normalized spacial score (nSPS) is 11.0. The number of benzene rings is 2. The summed E-state index contributed by atoms with van der Waals surface area (Å²) in [7, 11) is 1.58. The molecule has 0 atom stereocenters. The van der Waals surface area contributed by atoms with E-state index in [1.54, 1.807) is 67.8 Å². The molecule has 0 aliphatic carbocycles. The second-order valence-electron chi connectivity index (χ2n) is 5.25. The van der Waals surface area contributed by atoms with Gasteiger partial charge in [-0.15, -0.1) is 0 Å². The predicted molar refractivity (Wildman–Crippen MR) is 101 cm³/mol. The Balaban J connectivity index is 1.77. The Bertz CT molecular complexity index is 924. The van der Waals surface area contributed by atoms with Crippen LogP contribution in [0.15, 0.2) is 65.1 Å². The number of furan rings is 1. The van der Waals surface area contributed by atoms with Gasteiger partial charge in [0.25, 0.3) is 0 Å². The van der Waals surface area contributed by atoms with Gasteiger partial charge in [-0.2, -0.15) is 0 Å². The molecule has 0 saturated carbocycles. The fourth-order valence-electron chi connectivity index (χ4n) is 2.28. The molecule has 1 aromatic heterocycles. The number of carbonyl (C=O) groups is 1. The highest BCUT2D eigenvalue weighted by Crippen LogP contribution is 2.32. The molecule has 3 nitrogen and oxygen atoms in total. The first kappa shape index (κ1) is 17.3. The number of hydrogen-bond donors (Lipinski definition) is 0. The summed E-state index contributed by atoms with van der Waals surface area (Å²) in [5, 5.41) is 1.12. The maximum atomic E-state index is 12.2. The molecule has 1 heterocycles. The van der Waals surface area contributed by atoms with Gasteiger partial charge in [-0.3, -0.25) is 4.79 Å². The Morgan fingerprint density at radius 1 is 1.04 bits per heavy atom. The lowest BCUT2D eigenvalue weighted by Gasteiger charge is -2.01. The number of halogens is 2. The van der Waals surface area contributed by atoms with E-state index >= 15 is 0 Å². The Kier molecular flexibility index (Phi) is 5.27. The molecule has 126 valence electrons. The Hall–Kier alpha value is -2.49. The van der Waals surface area contributed by atoms with Crippen molar-refractivity contribution in [3.05, 3.63) is 82.0 Å². The smallest absolute Gasteiger partial charge is 0.185 e. The fraction of sp³-hybridized carbons (Fsp3) is 0.0500. The SMILES string of the molecule is COc1ccc(C(=O)C=Cc2ccc(-c3cc(Cl)ccc3Cl)o2)cc1. The molecule has 0 aliphatic rings. The number of rotatable bonds is 5. The van der Waals surface area contributed by atoms with Crippen LogP contribution in [0.2, 0.25) is 10.0 Å². The summed E-state index contributed by atoms with van der Waals surface area (Å²) in [5.74, 6) is 1.72. The van der Waals surface area contributed by atoms with E-state index in [0.29, 0.717) is 38.4 Å². The number of carbonyl (C=O) groups excluding carboxylic acids is 1. The van der Waals surface area contributed by atoms with Crippen LogP contribution in [0.5, 0.6) is 5.75 Å². The van der Waals surface area contributed by atoms with Gasteiger partial charge in [0.1, 0.15) is 17.3 Å². The largest absolute Gasteiger partial charge is 0.497 e. The molecular formula is C20H14Cl2O3. The second-order valence-corrected chi connectivity index (χ2v) is 6.10. The van der Waals surface area contributed by atoms with Crippen LogP contribution < -0.4 is 4.74 Å². The van der Waals surface area contributed by atoms with Crippen molar-refractivity contribution in [3.8, 4) is 17.1 Å². The quantitative estimate of drug-likeness (QED) is 0.397. The van der Waals surface area contributed by atoms with E-state index in [1.165, 1.54) is 6.08 Å². The maximum absolute atomic E-state index is 12.2. The van der Waals surface area contributed by atoms with Gasteiger partial charge in [0.2, 0.25) is 0 Å². The van der Waals surface area contributed by atoms with Crippen LogP contribution in [0.1, 0.15) is 16.1 Å². The molecule has 3 rings (SSSR count). The highest BCUT2D eigenvalue weighted by Gasteiger charge is 2.09. The first-order valence-electron chi connectivity index (χ1n) is 7.48. The lowest BCUT2D eigenvalue weighted by Crippen LogP contribution is -1.93. The van der Waals surface area contributed by atoms with Crippen LogP contribution in [0.25, 0.3) is 17.4 Å². The van der Waals surface area contributed by atoms with E-state index in [2.05, 4.69) is 0 Å². The van der Waals surface area contributed by atoms with Gasteiger partial charge in [0.05, 0.1) is 12.1 Å². The highest BCUT2D eigenvalue weighted by molar-refractivity contribution is 6.35. The zero-order chi connectivity index (χ0) is 17.8. The molecule has 0 amide bonds. The van der Waals surface area contributed by atoms with Gasteiger partial charge in [-0.25, -0.2) is 0 Å². The molecule has 0 unspecified atom stereocenters. The molecule has 0 N–H and O–H groups in total. The second kappa shape index (κ2) is 7.60. The Morgan fingerprint density at radius 2 is 1.80 bits per heavy atom. The van der Waals surface area contributed by atoms with Gasteiger partial charge < -0.3 is 9.15 Å². The molecule has 0 aliphatic heterocycles. The Morgan fingerprint density at radius 3 is 2.52 bits per heavy atom. The predicted octanol–water partition coefficient (Wildman–Crippen LogP) is 6.16.